The summed E-state index contributed by atoms with van der Waals surface area (Å²) in [6.45, 7) is 2.38. The fraction of sp³-hybridized carbons (Fsp3) is 0.600. The highest BCUT2D eigenvalue weighted by Gasteiger charge is 2.30. The molecule has 0 aromatic carbocycles. The molecule has 1 aliphatic heterocycles. The minimum Gasteiger partial charge on any atom is -0.481 e. The number of aliphatic carboxylic acids is 1. The van der Waals surface area contributed by atoms with E-state index in [0.717, 1.165) is 4.31 Å². The molecule has 1 aromatic rings. The Labute approximate surface area is 141 Å². The summed E-state index contributed by atoms with van der Waals surface area (Å²) < 4.78 is 30.8. The van der Waals surface area contributed by atoms with Crippen LogP contribution in [0.15, 0.2) is 15.4 Å². The van der Waals surface area contributed by atoms with Gasteiger partial charge in [-0.25, -0.2) is 12.7 Å². The number of aryl methyl sites for hydroxylation is 1. The molecule has 0 saturated carbocycles. The maximum absolute atomic E-state index is 12.5. The summed E-state index contributed by atoms with van der Waals surface area (Å²) in [5.41, 5.74) is 0. The molecule has 8 nitrogen and oxygen atoms in total. The second-order valence-corrected chi connectivity index (χ2v) is 8.27. The van der Waals surface area contributed by atoms with Gasteiger partial charge >= 0.3 is 5.97 Å². The zero-order valence-corrected chi connectivity index (χ0v) is 14.8. The molecule has 0 radical (unpaired) electrons. The predicted molar refractivity (Wildman–Crippen MR) is 85.2 cm³/mol. The largest absolute Gasteiger partial charge is 0.481 e. The molecular formula is C15H22N2O6S. The third kappa shape index (κ3) is 3.78. The maximum Gasteiger partial charge on any atom is 0.303 e. The summed E-state index contributed by atoms with van der Waals surface area (Å²) >= 11 is 0. The van der Waals surface area contributed by atoms with Gasteiger partial charge in [-0.15, -0.1) is 0 Å². The number of rotatable bonds is 5. The lowest BCUT2D eigenvalue weighted by Crippen LogP contribution is -2.38. The molecule has 1 saturated heterocycles. The zero-order valence-electron chi connectivity index (χ0n) is 14.0. The van der Waals surface area contributed by atoms with Crippen molar-refractivity contribution in [3.8, 4) is 0 Å². The molecule has 24 heavy (non-hydrogen) atoms. The van der Waals surface area contributed by atoms with Crippen molar-refractivity contribution in [1.82, 2.24) is 9.21 Å². The Morgan fingerprint density at radius 2 is 1.92 bits per heavy atom. The number of hydrogen-bond acceptors (Lipinski definition) is 5. The lowest BCUT2D eigenvalue weighted by molar-refractivity contribution is -0.138. The lowest BCUT2D eigenvalue weighted by Gasteiger charge is -2.30. The van der Waals surface area contributed by atoms with Crippen molar-refractivity contribution in [1.29, 1.82) is 0 Å². The predicted octanol–water partition coefficient (Wildman–Crippen LogP) is 1.17. The minimum atomic E-state index is -3.67. The van der Waals surface area contributed by atoms with Crippen LogP contribution >= 0.6 is 0 Å². The van der Waals surface area contributed by atoms with E-state index in [0.29, 0.717) is 25.9 Å². The molecule has 1 amide bonds. The number of nitrogens with zero attached hydrogens (tertiary/aromatic N) is 2. The number of carbonyl (C=O) groups excluding carboxylic acids is 1. The van der Waals surface area contributed by atoms with Gasteiger partial charge in [-0.3, -0.25) is 9.59 Å². The van der Waals surface area contributed by atoms with E-state index in [2.05, 4.69) is 0 Å². The van der Waals surface area contributed by atoms with Crippen LogP contribution < -0.4 is 0 Å². The Bertz CT molecular complexity index is 729. The first-order valence-corrected chi connectivity index (χ1v) is 9.11. The molecule has 1 aliphatic rings. The number of amides is 1. The number of hydrogen-bond donors (Lipinski definition) is 1. The average molecular weight is 358 g/mol. The van der Waals surface area contributed by atoms with Crippen LogP contribution in [0.25, 0.3) is 0 Å². The first kappa shape index (κ1) is 18.5. The van der Waals surface area contributed by atoms with Crippen molar-refractivity contribution in [2.45, 2.75) is 31.1 Å². The Morgan fingerprint density at radius 3 is 2.42 bits per heavy atom. The van der Waals surface area contributed by atoms with E-state index < -0.39 is 16.0 Å². The van der Waals surface area contributed by atoms with E-state index in [4.69, 9.17) is 9.52 Å². The van der Waals surface area contributed by atoms with E-state index in [9.17, 15) is 18.0 Å². The number of piperidine rings is 1. The van der Waals surface area contributed by atoms with Crippen LogP contribution in [0.2, 0.25) is 0 Å². The molecule has 1 aromatic heterocycles. The second-order valence-electron chi connectivity index (χ2n) is 6.15. The fourth-order valence-corrected chi connectivity index (χ4v) is 3.82. The number of carbonyl (C=O) groups is 2. The van der Waals surface area contributed by atoms with Crippen LogP contribution in [0.4, 0.5) is 0 Å². The monoisotopic (exact) mass is 358 g/mol. The van der Waals surface area contributed by atoms with Gasteiger partial charge in [0.1, 0.15) is 10.7 Å². The van der Waals surface area contributed by atoms with E-state index in [1.165, 1.54) is 27.1 Å². The van der Waals surface area contributed by atoms with Gasteiger partial charge in [-0.1, -0.05) is 0 Å². The topological polar surface area (TPSA) is 108 Å². The van der Waals surface area contributed by atoms with Crippen molar-refractivity contribution in [2.75, 3.05) is 27.2 Å². The van der Waals surface area contributed by atoms with Crippen LogP contribution in [0.1, 0.15) is 35.6 Å². The van der Waals surface area contributed by atoms with Gasteiger partial charge < -0.3 is 14.4 Å². The number of carboxylic acid groups (broad SMARTS) is 1. The highest BCUT2D eigenvalue weighted by molar-refractivity contribution is 7.89. The number of likely N-dealkylation sites (tertiary alicyclic amines) is 1. The Hall–Kier alpha value is -1.87. The van der Waals surface area contributed by atoms with E-state index >= 15 is 0 Å². The molecule has 134 valence electrons. The number of carboxylic acids is 1. The van der Waals surface area contributed by atoms with Crippen molar-refractivity contribution in [3.63, 3.8) is 0 Å². The Morgan fingerprint density at radius 1 is 1.33 bits per heavy atom. The van der Waals surface area contributed by atoms with Crippen molar-refractivity contribution >= 4 is 21.9 Å². The second kappa shape index (κ2) is 6.94. The fourth-order valence-electron chi connectivity index (χ4n) is 2.77. The van der Waals surface area contributed by atoms with Crippen LogP contribution in [0.3, 0.4) is 0 Å². The summed E-state index contributed by atoms with van der Waals surface area (Å²) in [4.78, 5) is 24.8. The van der Waals surface area contributed by atoms with Gasteiger partial charge in [-0.05, 0) is 25.7 Å². The SMILES string of the molecule is Cc1oc(C(=O)N2CCC(CC(=O)O)CC2)cc1S(=O)(=O)N(C)C. The van der Waals surface area contributed by atoms with Crippen molar-refractivity contribution in [3.05, 3.63) is 17.6 Å². The van der Waals surface area contributed by atoms with Gasteiger partial charge in [0.15, 0.2) is 5.76 Å². The smallest absolute Gasteiger partial charge is 0.303 e. The molecular weight excluding hydrogens is 336 g/mol. The van der Waals surface area contributed by atoms with E-state index in [-0.39, 0.29) is 34.7 Å². The summed E-state index contributed by atoms with van der Waals surface area (Å²) in [5.74, 6) is -0.973. The molecule has 2 heterocycles. The standard InChI is InChI=1S/C15H22N2O6S/c1-10-13(24(21,22)16(2)3)9-12(23-10)15(20)17-6-4-11(5-7-17)8-14(18)19/h9,11H,4-8H2,1-3H3,(H,18,19). The van der Waals surface area contributed by atoms with Crippen LogP contribution in [0.5, 0.6) is 0 Å². The van der Waals surface area contributed by atoms with E-state index in [1.807, 2.05) is 0 Å². The van der Waals surface area contributed by atoms with Crippen LogP contribution in [-0.2, 0) is 14.8 Å². The number of furan rings is 1. The van der Waals surface area contributed by atoms with E-state index in [1.54, 1.807) is 4.90 Å². The molecule has 9 heteroatoms. The van der Waals surface area contributed by atoms with Crippen molar-refractivity contribution < 1.29 is 27.5 Å². The lowest BCUT2D eigenvalue weighted by atomic mass is 9.93. The minimum absolute atomic E-state index is 0.00962. The molecule has 1 fully saturated rings. The highest BCUT2D eigenvalue weighted by Crippen LogP contribution is 2.26. The quantitative estimate of drug-likeness (QED) is 0.846. The third-order valence-electron chi connectivity index (χ3n) is 4.21. The summed E-state index contributed by atoms with van der Waals surface area (Å²) in [7, 11) is -0.843. The van der Waals surface area contributed by atoms with Gasteiger partial charge in [-0.2, -0.15) is 0 Å². The molecule has 0 unspecified atom stereocenters. The molecule has 0 spiro atoms. The zero-order chi connectivity index (χ0) is 18.1. The molecule has 1 N–H and O–H groups in total. The summed E-state index contributed by atoms with van der Waals surface area (Å²) in [6, 6.07) is 1.26. The maximum atomic E-state index is 12.5. The molecule has 0 aliphatic carbocycles. The first-order chi connectivity index (χ1) is 11.1. The van der Waals surface area contributed by atoms with Gasteiger partial charge in [0.25, 0.3) is 5.91 Å². The molecule has 0 bridgehead atoms. The van der Waals surface area contributed by atoms with Gasteiger partial charge in [0.2, 0.25) is 10.0 Å². The van der Waals surface area contributed by atoms with Gasteiger partial charge in [0.05, 0.1) is 0 Å². The number of sulfonamides is 1. The Kier molecular flexibility index (Phi) is 5.34. The average Bonchev–Trinajstić information content (AvgIpc) is 2.89. The van der Waals surface area contributed by atoms with Crippen molar-refractivity contribution in [2.24, 2.45) is 5.92 Å². The summed E-state index contributed by atoms with van der Waals surface area (Å²) in [5, 5.41) is 8.82. The first-order valence-electron chi connectivity index (χ1n) is 7.67. The third-order valence-corrected chi connectivity index (χ3v) is 6.13. The molecule has 0 atom stereocenters. The Balaban J connectivity index is 2.11. The normalized spacial score (nSPS) is 16.6. The summed E-state index contributed by atoms with van der Waals surface area (Å²) in [6.07, 6.45) is 1.33. The highest BCUT2D eigenvalue weighted by atomic mass is 32.2. The van der Waals surface area contributed by atoms with Crippen LogP contribution in [-0.4, -0.2) is 61.8 Å². The molecule has 2 rings (SSSR count). The van der Waals surface area contributed by atoms with Crippen LogP contribution in [0, 0.1) is 12.8 Å². The van der Waals surface area contributed by atoms with Gasteiger partial charge in [0, 0.05) is 39.7 Å².